The zero-order chi connectivity index (χ0) is 12.4. The van der Waals surface area contributed by atoms with Crippen LogP contribution in [0.5, 0.6) is 0 Å². The van der Waals surface area contributed by atoms with E-state index in [4.69, 9.17) is 0 Å². The average molecular weight is 234 g/mol. The van der Waals surface area contributed by atoms with Crippen LogP contribution < -0.4 is 11.2 Å². The minimum absolute atomic E-state index is 0.250. The van der Waals surface area contributed by atoms with E-state index in [1.165, 1.54) is 21.4 Å². The highest BCUT2D eigenvalue weighted by Gasteiger charge is 2.06. The van der Waals surface area contributed by atoms with Gasteiger partial charge in [0, 0.05) is 32.1 Å². The van der Waals surface area contributed by atoms with Gasteiger partial charge in [-0.25, -0.2) is 9.78 Å². The van der Waals surface area contributed by atoms with Crippen molar-refractivity contribution in [2.24, 2.45) is 7.05 Å². The first-order chi connectivity index (χ1) is 8.13. The van der Waals surface area contributed by atoms with Crippen LogP contribution in [0.15, 0.2) is 34.4 Å². The second kappa shape index (κ2) is 4.40. The van der Waals surface area contributed by atoms with Gasteiger partial charge in [0.25, 0.3) is 5.56 Å². The summed E-state index contributed by atoms with van der Waals surface area (Å²) < 4.78 is 4.48. The molecule has 17 heavy (non-hydrogen) atoms. The van der Waals surface area contributed by atoms with Gasteiger partial charge in [-0.3, -0.25) is 9.36 Å². The molecule has 0 saturated carbocycles. The number of nitrogens with zero attached hydrogens (tertiary/aromatic N) is 4. The van der Waals surface area contributed by atoms with Gasteiger partial charge >= 0.3 is 5.69 Å². The Morgan fingerprint density at radius 1 is 1.35 bits per heavy atom. The molecule has 6 heteroatoms. The van der Waals surface area contributed by atoms with Crippen LogP contribution in [-0.4, -0.2) is 18.7 Å². The SMILES string of the molecule is CCn1cncc1Cn1c(=O)ccn(C)c1=O. The molecule has 0 aliphatic rings. The first-order valence-electron chi connectivity index (χ1n) is 5.39. The highest BCUT2D eigenvalue weighted by molar-refractivity contribution is 5.00. The van der Waals surface area contributed by atoms with E-state index in [0.29, 0.717) is 0 Å². The van der Waals surface area contributed by atoms with Gasteiger partial charge in [0.15, 0.2) is 0 Å². The van der Waals surface area contributed by atoms with Gasteiger partial charge in [-0.05, 0) is 6.92 Å². The maximum absolute atomic E-state index is 11.8. The van der Waals surface area contributed by atoms with Crippen LogP contribution in [0.3, 0.4) is 0 Å². The molecule has 0 fully saturated rings. The van der Waals surface area contributed by atoms with Crippen molar-refractivity contribution in [3.8, 4) is 0 Å². The Kier molecular flexibility index (Phi) is 2.95. The summed E-state index contributed by atoms with van der Waals surface area (Å²) in [6.07, 6.45) is 4.83. The summed E-state index contributed by atoms with van der Waals surface area (Å²) in [5.41, 5.74) is 0.233. The molecule has 0 aliphatic heterocycles. The number of hydrogen-bond donors (Lipinski definition) is 0. The molecule has 0 N–H and O–H groups in total. The molecule has 0 aromatic carbocycles. The largest absolute Gasteiger partial charge is 0.333 e. The zero-order valence-corrected chi connectivity index (χ0v) is 9.83. The van der Waals surface area contributed by atoms with E-state index in [1.807, 2.05) is 11.5 Å². The smallest absolute Gasteiger partial charge is 0.331 e. The van der Waals surface area contributed by atoms with Crippen LogP contribution in [0.1, 0.15) is 12.6 Å². The molecule has 0 radical (unpaired) electrons. The highest BCUT2D eigenvalue weighted by Crippen LogP contribution is 1.99. The van der Waals surface area contributed by atoms with Crippen LogP contribution in [-0.2, 0) is 20.1 Å². The Morgan fingerprint density at radius 2 is 2.12 bits per heavy atom. The highest BCUT2D eigenvalue weighted by atomic mass is 16.2. The molecule has 0 atom stereocenters. The van der Waals surface area contributed by atoms with Crippen LogP contribution in [0.4, 0.5) is 0 Å². The average Bonchev–Trinajstić information content (AvgIpc) is 2.77. The maximum Gasteiger partial charge on any atom is 0.331 e. The number of hydrogen-bond acceptors (Lipinski definition) is 3. The fourth-order valence-corrected chi connectivity index (χ4v) is 1.69. The van der Waals surface area contributed by atoms with Gasteiger partial charge in [0.2, 0.25) is 0 Å². The number of imidazole rings is 1. The summed E-state index contributed by atoms with van der Waals surface area (Å²) >= 11 is 0. The van der Waals surface area contributed by atoms with Gasteiger partial charge in [-0.2, -0.15) is 0 Å². The second-order valence-corrected chi connectivity index (χ2v) is 3.80. The van der Waals surface area contributed by atoms with E-state index < -0.39 is 0 Å². The topological polar surface area (TPSA) is 61.8 Å². The van der Waals surface area contributed by atoms with Crippen molar-refractivity contribution in [2.75, 3.05) is 0 Å². The Balaban J connectivity index is 2.47. The fourth-order valence-electron chi connectivity index (χ4n) is 1.69. The lowest BCUT2D eigenvalue weighted by Gasteiger charge is -2.08. The lowest BCUT2D eigenvalue weighted by Crippen LogP contribution is -2.38. The number of rotatable bonds is 3. The van der Waals surface area contributed by atoms with Gasteiger partial charge < -0.3 is 9.13 Å². The molecule has 2 heterocycles. The number of aryl methyl sites for hydroxylation is 2. The third-order valence-electron chi connectivity index (χ3n) is 2.70. The number of aromatic nitrogens is 4. The lowest BCUT2D eigenvalue weighted by atomic mass is 10.4. The Hall–Kier alpha value is -2.11. The third kappa shape index (κ3) is 2.06. The molecule has 0 amide bonds. The van der Waals surface area contributed by atoms with E-state index in [-0.39, 0.29) is 17.8 Å². The Bertz CT molecular complexity index is 635. The Labute approximate surface area is 97.8 Å². The zero-order valence-electron chi connectivity index (χ0n) is 9.83. The molecule has 2 aromatic heterocycles. The lowest BCUT2D eigenvalue weighted by molar-refractivity contribution is 0.601. The minimum Gasteiger partial charge on any atom is -0.333 e. The van der Waals surface area contributed by atoms with E-state index in [9.17, 15) is 9.59 Å². The summed E-state index contributed by atoms with van der Waals surface area (Å²) in [6, 6.07) is 1.38. The summed E-state index contributed by atoms with van der Waals surface area (Å²) in [7, 11) is 1.62. The minimum atomic E-state index is -0.318. The van der Waals surface area contributed by atoms with Gasteiger partial charge in [-0.15, -0.1) is 0 Å². The molecule has 6 nitrogen and oxygen atoms in total. The normalized spacial score (nSPS) is 10.7. The van der Waals surface area contributed by atoms with Crippen LogP contribution >= 0.6 is 0 Å². The van der Waals surface area contributed by atoms with E-state index in [0.717, 1.165) is 12.2 Å². The van der Waals surface area contributed by atoms with Crippen LogP contribution in [0, 0.1) is 0 Å². The maximum atomic E-state index is 11.8. The van der Waals surface area contributed by atoms with E-state index in [1.54, 1.807) is 19.6 Å². The predicted octanol–water partition coefficient (Wildman–Crippen LogP) is -0.188. The van der Waals surface area contributed by atoms with Crippen molar-refractivity contribution in [2.45, 2.75) is 20.0 Å². The van der Waals surface area contributed by atoms with Crippen molar-refractivity contribution in [1.29, 1.82) is 0 Å². The molecule has 90 valence electrons. The van der Waals surface area contributed by atoms with Crippen molar-refractivity contribution in [1.82, 2.24) is 18.7 Å². The van der Waals surface area contributed by atoms with Crippen LogP contribution in [0.2, 0.25) is 0 Å². The summed E-state index contributed by atoms with van der Waals surface area (Å²) in [5.74, 6) is 0. The third-order valence-corrected chi connectivity index (χ3v) is 2.70. The van der Waals surface area contributed by atoms with Gasteiger partial charge in [0.1, 0.15) is 0 Å². The van der Waals surface area contributed by atoms with Crippen LogP contribution in [0.25, 0.3) is 0 Å². The molecular weight excluding hydrogens is 220 g/mol. The molecule has 0 bridgehead atoms. The molecule has 0 unspecified atom stereocenters. The molecule has 2 rings (SSSR count). The summed E-state index contributed by atoms with van der Waals surface area (Å²) in [5, 5.41) is 0. The van der Waals surface area contributed by atoms with Crippen molar-refractivity contribution in [3.05, 3.63) is 51.3 Å². The van der Waals surface area contributed by atoms with Gasteiger partial charge in [0.05, 0.1) is 18.6 Å². The van der Waals surface area contributed by atoms with Gasteiger partial charge in [-0.1, -0.05) is 0 Å². The quantitative estimate of drug-likeness (QED) is 0.739. The monoisotopic (exact) mass is 234 g/mol. The summed E-state index contributed by atoms with van der Waals surface area (Å²) in [4.78, 5) is 27.5. The fraction of sp³-hybridized carbons (Fsp3) is 0.364. The predicted molar refractivity (Wildman–Crippen MR) is 62.9 cm³/mol. The van der Waals surface area contributed by atoms with E-state index >= 15 is 0 Å². The first-order valence-corrected chi connectivity index (χ1v) is 5.39. The van der Waals surface area contributed by atoms with Crippen molar-refractivity contribution in [3.63, 3.8) is 0 Å². The Morgan fingerprint density at radius 3 is 2.82 bits per heavy atom. The van der Waals surface area contributed by atoms with E-state index in [2.05, 4.69) is 4.98 Å². The molecular formula is C11H14N4O2. The first kappa shape index (κ1) is 11.4. The second-order valence-electron chi connectivity index (χ2n) is 3.80. The van der Waals surface area contributed by atoms with Crippen molar-refractivity contribution >= 4 is 0 Å². The standard InChI is InChI=1S/C11H14N4O2/c1-3-14-8-12-6-9(14)7-15-10(16)4-5-13(2)11(15)17/h4-6,8H,3,7H2,1-2H3. The molecule has 0 spiro atoms. The molecule has 0 saturated heterocycles. The molecule has 0 aliphatic carbocycles. The van der Waals surface area contributed by atoms with Crippen molar-refractivity contribution < 1.29 is 0 Å². The molecule has 2 aromatic rings. The summed E-state index contributed by atoms with van der Waals surface area (Å²) in [6.45, 7) is 2.99.